The summed E-state index contributed by atoms with van der Waals surface area (Å²) in [5.74, 6) is 0. The SMILES string of the molecule is CN(CC(O)CO)C1CC2CCC(C1)N2. The van der Waals surface area contributed by atoms with Gasteiger partial charge in [-0.1, -0.05) is 0 Å². The van der Waals surface area contributed by atoms with Crippen molar-refractivity contribution in [3.8, 4) is 0 Å². The van der Waals surface area contributed by atoms with Gasteiger partial charge in [-0.2, -0.15) is 0 Å². The van der Waals surface area contributed by atoms with Crippen molar-refractivity contribution in [1.82, 2.24) is 10.2 Å². The summed E-state index contributed by atoms with van der Waals surface area (Å²) in [5, 5.41) is 21.8. The number of nitrogens with one attached hydrogen (secondary N) is 1. The minimum Gasteiger partial charge on any atom is -0.394 e. The molecule has 15 heavy (non-hydrogen) atoms. The molecule has 2 rings (SSSR count). The van der Waals surface area contributed by atoms with Gasteiger partial charge in [-0.15, -0.1) is 0 Å². The van der Waals surface area contributed by atoms with Crippen LogP contribution in [0.1, 0.15) is 25.7 Å². The predicted molar refractivity (Wildman–Crippen MR) is 58.7 cm³/mol. The van der Waals surface area contributed by atoms with E-state index in [0.717, 1.165) is 0 Å². The van der Waals surface area contributed by atoms with Gasteiger partial charge in [0.15, 0.2) is 0 Å². The molecule has 0 saturated carbocycles. The standard InChI is InChI=1S/C11H22N2O2/c1-13(6-11(15)7-14)10-4-8-2-3-9(5-10)12-8/h8-12,14-15H,2-7H2,1H3. The molecule has 4 nitrogen and oxygen atoms in total. The number of rotatable bonds is 4. The quantitative estimate of drug-likeness (QED) is 0.593. The maximum absolute atomic E-state index is 9.40. The summed E-state index contributed by atoms with van der Waals surface area (Å²) >= 11 is 0. The molecule has 2 fully saturated rings. The second-order valence-corrected chi connectivity index (χ2v) is 5.04. The van der Waals surface area contributed by atoms with Crippen LogP contribution in [0.2, 0.25) is 0 Å². The number of aliphatic hydroxyl groups is 2. The molecule has 0 aromatic heterocycles. The van der Waals surface area contributed by atoms with Crippen LogP contribution in [0.5, 0.6) is 0 Å². The first-order valence-electron chi connectivity index (χ1n) is 5.94. The van der Waals surface area contributed by atoms with E-state index in [1.54, 1.807) is 0 Å². The van der Waals surface area contributed by atoms with Crippen LogP contribution in [0.3, 0.4) is 0 Å². The molecule has 4 heteroatoms. The van der Waals surface area contributed by atoms with Crippen molar-refractivity contribution in [3.05, 3.63) is 0 Å². The van der Waals surface area contributed by atoms with Crippen LogP contribution < -0.4 is 5.32 Å². The van der Waals surface area contributed by atoms with Gasteiger partial charge < -0.3 is 20.4 Å². The van der Waals surface area contributed by atoms with E-state index < -0.39 is 6.10 Å². The summed E-state index contributed by atoms with van der Waals surface area (Å²) in [7, 11) is 2.05. The lowest BCUT2D eigenvalue weighted by Crippen LogP contribution is -2.48. The van der Waals surface area contributed by atoms with E-state index in [2.05, 4.69) is 10.2 Å². The van der Waals surface area contributed by atoms with E-state index >= 15 is 0 Å². The molecule has 2 saturated heterocycles. The Kier molecular flexibility index (Phi) is 3.61. The van der Waals surface area contributed by atoms with Gasteiger partial charge in [-0.25, -0.2) is 0 Å². The molecule has 3 atom stereocenters. The van der Waals surface area contributed by atoms with E-state index in [1.165, 1.54) is 25.7 Å². The Morgan fingerprint density at radius 2 is 1.93 bits per heavy atom. The average molecular weight is 214 g/mol. The fourth-order valence-electron chi connectivity index (χ4n) is 2.93. The second kappa shape index (κ2) is 4.78. The predicted octanol–water partition coefficient (Wildman–Crippen LogP) is -0.446. The molecule has 0 amide bonds. The Labute approximate surface area is 91.3 Å². The normalized spacial score (nSPS) is 37.2. The molecule has 0 radical (unpaired) electrons. The molecule has 3 N–H and O–H groups in total. The van der Waals surface area contributed by atoms with Crippen LogP contribution in [0.4, 0.5) is 0 Å². The number of piperidine rings is 1. The number of likely N-dealkylation sites (N-methyl/N-ethyl adjacent to an activating group) is 1. The van der Waals surface area contributed by atoms with Crippen molar-refractivity contribution in [1.29, 1.82) is 0 Å². The molecule has 0 spiro atoms. The molecular formula is C11H22N2O2. The van der Waals surface area contributed by atoms with Crippen molar-refractivity contribution < 1.29 is 10.2 Å². The minimum absolute atomic E-state index is 0.137. The van der Waals surface area contributed by atoms with E-state index in [-0.39, 0.29) is 6.61 Å². The van der Waals surface area contributed by atoms with Gasteiger partial charge in [0.05, 0.1) is 12.7 Å². The van der Waals surface area contributed by atoms with Crippen LogP contribution in [0.25, 0.3) is 0 Å². The van der Waals surface area contributed by atoms with Crippen LogP contribution in [-0.4, -0.2) is 59.5 Å². The van der Waals surface area contributed by atoms with E-state index in [0.29, 0.717) is 24.7 Å². The minimum atomic E-state index is -0.595. The first-order valence-corrected chi connectivity index (χ1v) is 5.94. The highest BCUT2D eigenvalue weighted by molar-refractivity contribution is 4.95. The number of hydrogen-bond acceptors (Lipinski definition) is 4. The summed E-state index contributed by atoms with van der Waals surface area (Å²) < 4.78 is 0. The summed E-state index contributed by atoms with van der Waals surface area (Å²) in [5.41, 5.74) is 0. The van der Waals surface area contributed by atoms with Crippen LogP contribution in [-0.2, 0) is 0 Å². The van der Waals surface area contributed by atoms with E-state index in [1.807, 2.05) is 7.05 Å². The van der Waals surface area contributed by atoms with E-state index in [4.69, 9.17) is 5.11 Å². The molecule has 3 unspecified atom stereocenters. The van der Waals surface area contributed by atoms with Gasteiger partial charge in [-0.3, -0.25) is 0 Å². The molecular weight excluding hydrogens is 192 g/mol. The lowest BCUT2D eigenvalue weighted by atomic mass is 9.98. The Bertz CT molecular complexity index is 201. The third-order valence-corrected chi connectivity index (χ3v) is 3.78. The fourth-order valence-corrected chi connectivity index (χ4v) is 2.93. The van der Waals surface area contributed by atoms with Crippen molar-refractivity contribution in [3.63, 3.8) is 0 Å². The van der Waals surface area contributed by atoms with Crippen LogP contribution in [0.15, 0.2) is 0 Å². The van der Waals surface area contributed by atoms with Crippen molar-refractivity contribution in [2.24, 2.45) is 0 Å². The van der Waals surface area contributed by atoms with Crippen LogP contribution >= 0.6 is 0 Å². The molecule has 2 bridgehead atoms. The van der Waals surface area contributed by atoms with Gasteiger partial charge in [0.1, 0.15) is 0 Å². The Hall–Kier alpha value is -0.160. The molecule has 88 valence electrons. The zero-order chi connectivity index (χ0) is 10.8. The first kappa shape index (κ1) is 11.3. The van der Waals surface area contributed by atoms with Crippen molar-refractivity contribution in [2.45, 2.75) is 49.9 Å². The molecule has 0 aromatic carbocycles. The highest BCUT2D eigenvalue weighted by atomic mass is 16.3. The Balaban J connectivity index is 1.83. The smallest absolute Gasteiger partial charge is 0.0897 e. The maximum atomic E-state index is 9.40. The monoisotopic (exact) mass is 214 g/mol. The van der Waals surface area contributed by atoms with Crippen LogP contribution in [0, 0.1) is 0 Å². The van der Waals surface area contributed by atoms with E-state index in [9.17, 15) is 5.11 Å². The highest BCUT2D eigenvalue weighted by Crippen LogP contribution is 2.29. The topological polar surface area (TPSA) is 55.7 Å². The fraction of sp³-hybridized carbons (Fsp3) is 1.00. The lowest BCUT2D eigenvalue weighted by molar-refractivity contribution is 0.0459. The highest BCUT2D eigenvalue weighted by Gasteiger charge is 2.35. The van der Waals surface area contributed by atoms with Gasteiger partial charge in [0, 0.05) is 24.7 Å². The summed E-state index contributed by atoms with van der Waals surface area (Å²) in [6.45, 7) is 0.447. The number of hydrogen-bond donors (Lipinski definition) is 3. The van der Waals surface area contributed by atoms with Gasteiger partial charge in [0.2, 0.25) is 0 Å². The third-order valence-electron chi connectivity index (χ3n) is 3.78. The van der Waals surface area contributed by atoms with Crippen molar-refractivity contribution in [2.75, 3.05) is 20.2 Å². The van der Waals surface area contributed by atoms with Crippen molar-refractivity contribution >= 4 is 0 Å². The lowest BCUT2D eigenvalue weighted by Gasteiger charge is -2.36. The van der Waals surface area contributed by atoms with Gasteiger partial charge in [-0.05, 0) is 32.7 Å². The molecule has 2 aliphatic rings. The molecule has 0 aromatic rings. The molecule has 0 aliphatic carbocycles. The van der Waals surface area contributed by atoms with Gasteiger partial charge >= 0.3 is 0 Å². The summed E-state index contributed by atoms with van der Waals surface area (Å²) in [6, 6.07) is 1.94. The largest absolute Gasteiger partial charge is 0.394 e. The number of nitrogens with zero attached hydrogens (tertiary/aromatic N) is 1. The molecule has 2 heterocycles. The third kappa shape index (κ3) is 2.69. The zero-order valence-electron chi connectivity index (χ0n) is 9.39. The number of fused-ring (bicyclic) bond motifs is 2. The summed E-state index contributed by atoms with van der Waals surface area (Å²) in [6.07, 6.45) is 4.38. The van der Waals surface area contributed by atoms with Gasteiger partial charge in [0.25, 0.3) is 0 Å². The average Bonchev–Trinajstić information content (AvgIpc) is 2.57. The Morgan fingerprint density at radius 3 is 2.47 bits per heavy atom. The summed E-state index contributed by atoms with van der Waals surface area (Å²) in [4.78, 5) is 2.20. The first-order chi connectivity index (χ1) is 7.19. The Morgan fingerprint density at radius 1 is 1.33 bits per heavy atom. The molecule has 2 aliphatic heterocycles. The second-order valence-electron chi connectivity index (χ2n) is 5.04. The zero-order valence-corrected chi connectivity index (χ0v) is 9.39. The maximum Gasteiger partial charge on any atom is 0.0897 e. The number of aliphatic hydroxyl groups excluding tert-OH is 2.